The van der Waals surface area contributed by atoms with Crippen molar-refractivity contribution < 1.29 is 14.3 Å². The molecule has 0 aromatic rings. The Morgan fingerprint density at radius 2 is 1.45 bits per heavy atom. The molecule has 0 aliphatic heterocycles. The Bertz CT molecular complexity index is 213. The van der Waals surface area contributed by atoms with E-state index in [1.54, 1.807) is 13.8 Å². The molecular formula is C8H12O3. The highest BCUT2D eigenvalue weighted by Gasteiger charge is 2.04. The number of carbonyl (C=O) groups excluding carboxylic acids is 2. The number of ketones is 1. The zero-order valence-corrected chi connectivity index (χ0v) is 7.22. The van der Waals surface area contributed by atoms with Crippen molar-refractivity contribution in [2.24, 2.45) is 0 Å². The lowest BCUT2D eigenvalue weighted by Gasteiger charge is -2.02. The Kier molecular flexibility index (Phi) is 3.51. The van der Waals surface area contributed by atoms with Crippen molar-refractivity contribution in [1.29, 1.82) is 0 Å². The van der Waals surface area contributed by atoms with E-state index in [4.69, 9.17) is 4.74 Å². The molecule has 0 fully saturated rings. The minimum Gasteiger partial charge on any atom is -0.431 e. The summed E-state index contributed by atoms with van der Waals surface area (Å²) in [6.07, 6.45) is 0. The maximum absolute atomic E-state index is 10.7. The molecule has 0 unspecified atom stereocenters. The molecule has 11 heavy (non-hydrogen) atoms. The van der Waals surface area contributed by atoms with E-state index in [1.807, 2.05) is 0 Å². The quantitative estimate of drug-likeness (QED) is 0.345. The van der Waals surface area contributed by atoms with Crippen molar-refractivity contribution in [2.45, 2.75) is 27.7 Å². The summed E-state index contributed by atoms with van der Waals surface area (Å²) in [6, 6.07) is 0. The molecule has 0 heterocycles. The molecule has 0 atom stereocenters. The SMILES string of the molecule is CC(=O)O/C(C)=C(/C)C(C)=O. The lowest BCUT2D eigenvalue weighted by atomic mass is 10.2. The summed E-state index contributed by atoms with van der Waals surface area (Å²) in [6.45, 7) is 5.96. The van der Waals surface area contributed by atoms with E-state index in [-0.39, 0.29) is 5.78 Å². The van der Waals surface area contributed by atoms with E-state index < -0.39 is 5.97 Å². The Labute approximate surface area is 66.0 Å². The van der Waals surface area contributed by atoms with Gasteiger partial charge in [0, 0.05) is 12.5 Å². The average Bonchev–Trinajstić information content (AvgIpc) is 1.84. The Morgan fingerprint density at radius 1 is 1.00 bits per heavy atom. The van der Waals surface area contributed by atoms with Gasteiger partial charge in [-0.2, -0.15) is 0 Å². The third-order valence-corrected chi connectivity index (χ3v) is 1.35. The monoisotopic (exact) mass is 156 g/mol. The van der Waals surface area contributed by atoms with Gasteiger partial charge in [0.25, 0.3) is 0 Å². The second-order valence-corrected chi connectivity index (χ2v) is 2.33. The fourth-order valence-electron chi connectivity index (χ4n) is 0.540. The number of ether oxygens (including phenoxy) is 1. The first-order valence-electron chi connectivity index (χ1n) is 3.32. The van der Waals surface area contributed by atoms with Crippen molar-refractivity contribution in [3.8, 4) is 0 Å². The molecule has 0 N–H and O–H groups in total. The van der Waals surface area contributed by atoms with Crippen LogP contribution in [0.3, 0.4) is 0 Å². The molecule has 0 spiro atoms. The number of Topliss-reactive ketones (excluding diaryl/α,β-unsaturated/α-hetero) is 1. The van der Waals surface area contributed by atoms with Gasteiger partial charge in [0.1, 0.15) is 5.76 Å². The van der Waals surface area contributed by atoms with Crippen molar-refractivity contribution in [2.75, 3.05) is 0 Å². The van der Waals surface area contributed by atoms with Crippen molar-refractivity contribution in [3.63, 3.8) is 0 Å². The van der Waals surface area contributed by atoms with Gasteiger partial charge in [0.05, 0.1) is 0 Å². The maximum atomic E-state index is 10.7. The molecule has 62 valence electrons. The van der Waals surface area contributed by atoms with Crippen LogP contribution < -0.4 is 0 Å². The smallest absolute Gasteiger partial charge is 0.307 e. The Balaban J connectivity index is 4.40. The van der Waals surface area contributed by atoms with Crippen LogP contribution in [0.25, 0.3) is 0 Å². The molecule has 0 radical (unpaired) electrons. The molecule has 0 saturated heterocycles. The predicted octanol–water partition coefficient (Wildman–Crippen LogP) is 1.43. The second-order valence-electron chi connectivity index (χ2n) is 2.33. The van der Waals surface area contributed by atoms with Crippen LogP contribution in [0.5, 0.6) is 0 Å². The summed E-state index contributed by atoms with van der Waals surface area (Å²) < 4.78 is 4.69. The average molecular weight is 156 g/mol. The fraction of sp³-hybridized carbons (Fsp3) is 0.500. The van der Waals surface area contributed by atoms with Crippen LogP contribution >= 0.6 is 0 Å². The van der Waals surface area contributed by atoms with Crippen LogP contribution in [0.1, 0.15) is 27.7 Å². The van der Waals surface area contributed by atoms with Gasteiger partial charge in [0.2, 0.25) is 0 Å². The van der Waals surface area contributed by atoms with E-state index in [2.05, 4.69) is 0 Å². The molecule has 3 heteroatoms. The van der Waals surface area contributed by atoms with Gasteiger partial charge in [0.15, 0.2) is 5.78 Å². The summed E-state index contributed by atoms with van der Waals surface area (Å²) in [5.41, 5.74) is 0.486. The molecular weight excluding hydrogens is 144 g/mol. The molecule has 0 aromatic carbocycles. The second kappa shape index (κ2) is 3.91. The zero-order valence-electron chi connectivity index (χ0n) is 7.22. The molecule has 0 aliphatic carbocycles. The van der Waals surface area contributed by atoms with E-state index in [1.165, 1.54) is 13.8 Å². The minimum absolute atomic E-state index is 0.0799. The summed E-state index contributed by atoms with van der Waals surface area (Å²) in [5.74, 6) is -0.100. The van der Waals surface area contributed by atoms with Gasteiger partial charge in [-0.05, 0) is 20.8 Å². The topological polar surface area (TPSA) is 43.4 Å². The van der Waals surface area contributed by atoms with Crippen LogP contribution in [-0.2, 0) is 14.3 Å². The number of hydrogen-bond acceptors (Lipinski definition) is 3. The summed E-state index contributed by atoms with van der Waals surface area (Å²) in [5, 5.41) is 0. The van der Waals surface area contributed by atoms with Crippen LogP contribution in [0.15, 0.2) is 11.3 Å². The van der Waals surface area contributed by atoms with Crippen LogP contribution in [0.4, 0.5) is 0 Å². The van der Waals surface area contributed by atoms with Gasteiger partial charge in [-0.3, -0.25) is 9.59 Å². The fourth-order valence-corrected chi connectivity index (χ4v) is 0.540. The van der Waals surface area contributed by atoms with Gasteiger partial charge in [-0.25, -0.2) is 0 Å². The predicted molar refractivity (Wildman–Crippen MR) is 40.8 cm³/mol. The highest BCUT2D eigenvalue weighted by molar-refractivity contribution is 5.93. The first-order valence-corrected chi connectivity index (χ1v) is 3.32. The lowest BCUT2D eigenvalue weighted by molar-refractivity contribution is -0.136. The molecule has 0 amide bonds. The van der Waals surface area contributed by atoms with Crippen LogP contribution in [0.2, 0.25) is 0 Å². The maximum Gasteiger partial charge on any atom is 0.307 e. The normalized spacial score (nSPS) is 12.0. The van der Waals surface area contributed by atoms with E-state index >= 15 is 0 Å². The number of carbonyl (C=O) groups is 2. The zero-order chi connectivity index (χ0) is 9.02. The molecule has 0 aromatic heterocycles. The number of allylic oxidation sites excluding steroid dienone is 2. The van der Waals surface area contributed by atoms with Gasteiger partial charge in [-0.15, -0.1) is 0 Å². The third-order valence-electron chi connectivity index (χ3n) is 1.35. The Hall–Kier alpha value is -1.12. The van der Waals surface area contributed by atoms with Crippen LogP contribution in [0, 0.1) is 0 Å². The van der Waals surface area contributed by atoms with Crippen molar-refractivity contribution in [1.82, 2.24) is 0 Å². The summed E-state index contributed by atoms with van der Waals surface area (Å²) in [7, 11) is 0. The van der Waals surface area contributed by atoms with Gasteiger partial charge < -0.3 is 4.74 Å². The van der Waals surface area contributed by atoms with Crippen molar-refractivity contribution >= 4 is 11.8 Å². The van der Waals surface area contributed by atoms with Gasteiger partial charge >= 0.3 is 5.97 Å². The number of esters is 1. The van der Waals surface area contributed by atoms with Crippen LogP contribution in [-0.4, -0.2) is 11.8 Å². The third kappa shape index (κ3) is 3.55. The highest BCUT2D eigenvalue weighted by atomic mass is 16.5. The number of rotatable bonds is 2. The number of hydrogen-bond donors (Lipinski definition) is 0. The minimum atomic E-state index is -0.400. The standard InChI is InChI=1S/C8H12O3/c1-5(6(2)9)7(3)11-8(4)10/h1-4H3/b7-5-. The largest absolute Gasteiger partial charge is 0.431 e. The molecule has 0 rings (SSSR count). The first-order chi connectivity index (χ1) is 4.95. The summed E-state index contributed by atoms with van der Waals surface area (Å²) in [4.78, 5) is 21.1. The van der Waals surface area contributed by atoms with E-state index in [0.29, 0.717) is 11.3 Å². The molecule has 0 aliphatic rings. The first kappa shape index (κ1) is 9.88. The summed E-state index contributed by atoms with van der Waals surface area (Å²) >= 11 is 0. The lowest BCUT2D eigenvalue weighted by Crippen LogP contribution is -2.02. The van der Waals surface area contributed by atoms with Crippen molar-refractivity contribution in [3.05, 3.63) is 11.3 Å². The van der Waals surface area contributed by atoms with E-state index in [0.717, 1.165) is 0 Å². The molecule has 0 bridgehead atoms. The van der Waals surface area contributed by atoms with E-state index in [9.17, 15) is 9.59 Å². The molecule has 0 saturated carbocycles. The highest BCUT2D eigenvalue weighted by Crippen LogP contribution is 2.05. The molecule has 3 nitrogen and oxygen atoms in total. The van der Waals surface area contributed by atoms with Gasteiger partial charge in [-0.1, -0.05) is 0 Å². The Morgan fingerprint density at radius 3 is 1.73 bits per heavy atom.